The van der Waals surface area contributed by atoms with Crippen molar-refractivity contribution in [1.82, 2.24) is 9.62 Å². The summed E-state index contributed by atoms with van der Waals surface area (Å²) in [4.78, 5) is 12.5. The predicted octanol–water partition coefficient (Wildman–Crippen LogP) is 2.44. The standard InChI is InChI=1S/C18H22N2O4S/c1-13(14-8-10-16(24-4)11-9-14)19-18(21)15-6-5-7-17(12-15)25(22,23)20(2)3/h5-13H,1-4H3,(H,19,21). The molecule has 0 bridgehead atoms. The molecule has 0 fully saturated rings. The molecule has 0 radical (unpaired) electrons. The molecule has 2 aromatic rings. The highest BCUT2D eigenvalue weighted by atomic mass is 32.2. The van der Waals surface area contributed by atoms with Gasteiger partial charge in [0.15, 0.2) is 0 Å². The lowest BCUT2D eigenvalue weighted by molar-refractivity contribution is 0.0939. The molecule has 1 atom stereocenters. The van der Waals surface area contributed by atoms with E-state index in [0.717, 1.165) is 15.6 Å². The first-order valence-electron chi connectivity index (χ1n) is 7.73. The number of nitrogens with zero attached hydrogens (tertiary/aromatic N) is 1. The number of nitrogens with one attached hydrogen (secondary N) is 1. The monoisotopic (exact) mass is 362 g/mol. The fourth-order valence-electron chi connectivity index (χ4n) is 2.26. The van der Waals surface area contributed by atoms with E-state index < -0.39 is 10.0 Å². The maximum Gasteiger partial charge on any atom is 0.251 e. The second-order valence-corrected chi connectivity index (χ2v) is 7.94. The van der Waals surface area contributed by atoms with Crippen LogP contribution >= 0.6 is 0 Å². The van der Waals surface area contributed by atoms with Crippen LogP contribution in [0.4, 0.5) is 0 Å². The van der Waals surface area contributed by atoms with Gasteiger partial charge in [-0.2, -0.15) is 0 Å². The van der Waals surface area contributed by atoms with Gasteiger partial charge in [0, 0.05) is 19.7 Å². The Bertz CT molecular complexity index is 846. The summed E-state index contributed by atoms with van der Waals surface area (Å²) in [5.41, 5.74) is 1.22. The Morgan fingerprint density at radius 2 is 1.76 bits per heavy atom. The molecule has 1 amide bonds. The number of rotatable bonds is 6. The summed E-state index contributed by atoms with van der Waals surface area (Å²) in [7, 11) is 0.915. The molecule has 1 unspecified atom stereocenters. The van der Waals surface area contributed by atoms with E-state index in [-0.39, 0.29) is 16.8 Å². The molecule has 2 rings (SSSR count). The van der Waals surface area contributed by atoms with Crippen molar-refractivity contribution in [1.29, 1.82) is 0 Å². The van der Waals surface area contributed by atoms with Crippen LogP contribution < -0.4 is 10.1 Å². The Hall–Kier alpha value is -2.38. The predicted molar refractivity (Wildman–Crippen MR) is 96.2 cm³/mol. The highest BCUT2D eigenvalue weighted by molar-refractivity contribution is 7.89. The quantitative estimate of drug-likeness (QED) is 0.856. The molecule has 0 aliphatic rings. The molecule has 0 aliphatic heterocycles. The zero-order valence-electron chi connectivity index (χ0n) is 14.7. The number of amides is 1. The summed E-state index contributed by atoms with van der Waals surface area (Å²) in [5.74, 6) is 0.406. The topological polar surface area (TPSA) is 75.7 Å². The third-order valence-corrected chi connectivity index (χ3v) is 5.65. The van der Waals surface area contributed by atoms with E-state index in [0.29, 0.717) is 5.56 Å². The van der Waals surface area contributed by atoms with E-state index in [2.05, 4.69) is 5.32 Å². The molecule has 134 valence electrons. The van der Waals surface area contributed by atoms with Gasteiger partial charge in [-0.25, -0.2) is 12.7 Å². The SMILES string of the molecule is COc1ccc(C(C)NC(=O)c2cccc(S(=O)(=O)N(C)C)c2)cc1. The highest BCUT2D eigenvalue weighted by Crippen LogP contribution is 2.19. The number of methoxy groups -OCH3 is 1. The number of carbonyl (C=O) groups excluding carboxylic acids is 1. The Labute approximate surface area is 148 Å². The van der Waals surface area contributed by atoms with Crippen LogP contribution in [0.15, 0.2) is 53.4 Å². The molecule has 1 N–H and O–H groups in total. The molecule has 0 aliphatic carbocycles. The molecule has 0 spiro atoms. The minimum Gasteiger partial charge on any atom is -0.497 e. The van der Waals surface area contributed by atoms with Crippen LogP contribution in [0.5, 0.6) is 5.75 Å². The van der Waals surface area contributed by atoms with Crippen molar-refractivity contribution >= 4 is 15.9 Å². The lowest BCUT2D eigenvalue weighted by Gasteiger charge is -2.16. The third-order valence-electron chi connectivity index (χ3n) is 3.84. The van der Waals surface area contributed by atoms with Crippen LogP contribution in [-0.4, -0.2) is 39.8 Å². The molecule has 0 heterocycles. The van der Waals surface area contributed by atoms with Gasteiger partial charge in [-0.15, -0.1) is 0 Å². The van der Waals surface area contributed by atoms with Gasteiger partial charge in [-0.1, -0.05) is 18.2 Å². The molecule has 25 heavy (non-hydrogen) atoms. The number of hydrogen-bond donors (Lipinski definition) is 1. The minimum atomic E-state index is -3.58. The summed E-state index contributed by atoms with van der Waals surface area (Å²) < 4.78 is 30.6. The molecular formula is C18H22N2O4S. The van der Waals surface area contributed by atoms with Crippen LogP contribution in [0.1, 0.15) is 28.9 Å². The Morgan fingerprint density at radius 1 is 1.12 bits per heavy atom. The van der Waals surface area contributed by atoms with Crippen molar-refractivity contribution in [3.8, 4) is 5.75 Å². The Balaban J connectivity index is 2.17. The van der Waals surface area contributed by atoms with Gasteiger partial charge in [0.25, 0.3) is 5.91 Å². The number of ether oxygens (including phenoxy) is 1. The van der Waals surface area contributed by atoms with Gasteiger partial charge in [-0.05, 0) is 42.8 Å². The summed E-state index contributed by atoms with van der Waals surface area (Å²) in [6, 6.07) is 13.2. The number of benzene rings is 2. The maximum absolute atomic E-state index is 12.5. The van der Waals surface area contributed by atoms with E-state index in [1.807, 2.05) is 31.2 Å². The molecule has 0 saturated heterocycles. The van der Waals surface area contributed by atoms with E-state index in [9.17, 15) is 13.2 Å². The number of sulfonamides is 1. The van der Waals surface area contributed by atoms with Crippen LogP contribution in [0, 0.1) is 0 Å². The normalized spacial score (nSPS) is 12.7. The van der Waals surface area contributed by atoms with Gasteiger partial charge in [0.1, 0.15) is 5.75 Å². The van der Waals surface area contributed by atoms with Crippen molar-refractivity contribution in [3.63, 3.8) is 0 Å². The second-order valence-electron chi connectivity index (χ2n) is 5.78. The summed E-state index contributed by atoms with van der Waals surface area (Å²) >= 11 is 0. The van der Waals surface area contributed by atoms with Crippen molar-refractivity contribution in [2.24, 2.45) is 0 Å². The largest absolute Gasteiger partial charge is 0.497 e. The van der Waals surface area contributed by atoms with Gasteiger partial charge in [-0.3, -0.25) is 4.79 Å². The second kappa shape index (κ2) is 7.67. The van der Waals surface area contributed by atoms with Crippen molar-refractivity contribution in [3.05, 3.63) is 59.7 Å². The zero-order valence-corrected chi connectivity index (χ0v) is 15.5. The average Bonchev–Trinajstić information content (AvgIpc) is 2.61. The molecule has 6 nitrogen and oxygen atoms in total. The Morgan fingerprint density at radius 3 is 2.32 bits per heavy atom. The number of hydrogen-bond acceptors (Lipinski definition) is 4. The average molecular weight is 362 g/mol. The first kappa shape index (κ1) is 19.0. The molecular weight excluding hydrogens is 340 g/mol. The summed E-state index contributed by atoms with van der Waals surface area (Å²) in [5, 5.41) is 2.87. The zero-order chi connectivity index (χ0) is 18.6. The molecule has 2 aromatic carbocycles. The van der Waals surface area contributed by atoms with Crippen LogP contribution in [0.3, 0.4) is 0 Å². The fraction of sp³-hybridized carbons (Fsp3) is 0.278. The lowest BCUT2D eigenvalue weighted by atomic mass is 10.1. The van der Waals surface area contributed by atoms with Crippen molar-refractivity contribution in [2.75, 3.05) is 21.2 Å². The molecule has 0 aromatic heterocycles. The summed E-state index contributed by atoms with van der Waals surface area (Å²) in [6.07, 6.45) is 0. The number of carbonyl (C=O) groups is 1. The fourth-order valence-corrected chi connectivity index (χ4v) is 3.21. The van der Waals surface area contributed by atoms with Crippen molar-refractivity contribution in [2.45, 2.75) is 17.9 Å². The summed E-state index contributed by atoms with van der Waals surface area (Å²) in [6.45, 7) is 1.86. The van der Waals surface area contributed by atoms with Gasteiger partial charge >= 0.3 is 0 Å². The first-order valence-corrected chi connectivity index (χ1v) is 9.17. The smallest absolute Gasteiger partial charge is 0.251 e. The van der Waals surface area contributed by atoms with E-state index in [1.54, 1.807) is 19.2 Å². The maximum atomic E-state index is 12.5. The minimum absolute atomic E-state index is 0.0854. The van der Waals surface area contributed by atoms with Crippen LogP contribution in [-0.2, 0) is 10.0 Å². The molecule has 7 heteroatoms. The van der Waals surface area contributed by atoms with Gasteiger partial charge in [0.2, 0.25) is 10.0 Å². The van der Waals surface area contributed by atoms with Crippen LogP contribution in [0.25, 0.3) is 0 Å². The van der Waals surface area contributed by atoms with E-state index >= 15 is 0 Å². The van der Waals surface area contributed by atoms with Crippen molar-refractivity contribution < 1.29 is 17.9 Å². The molecule has 0 saturated carbocycles. The van der Waals surface area contributed by atoms with Gasteiger partial charge in [0.05, 0.1) is 18.0 Å². The first-order chi connectivity index (χ1) is 11.8. The lowest BCUT2D eigenvalue weighted by Crippen LogP contribution is -2.27. The van der Waals surface area contributed by atoms with Gasteiger partial charge < -0.3 is 10.1 Å². The highest BCUT2D eigenvalue weighted by Gasteiger charge is 2.19. The van der Waals surface area contributed by atoms with E-state index in [1.165, 1.54) is 26.2 Å². The third kappa shape index (κ3) is 4.37. The van der Waals surface area contributed by atoms with Crippen LogP contribution in [0.2, 0.25) is 0 Å². The van der Waals surface area contributed by atoms with E-state index in [4.69, 9.17) is 4.74 Å². The Kier molecular flexibility index (Phi) is 5.81.